The third-order valence-electron chi connectivity index (χ3n) is 6.66. The Hall–Kier alpha value is -3.98. The van der Waals surface area contributed by atoms with Gasteiger partial charge in [-0.3, -0.25) is 9.59 Å². The number of carbonyl (C=O) groups is 1. The smallest absolute Gasteiger partial charge is 0.264 e. The van der Waals surface area contributed by atoms with Crippen molar-refractivity contribution >= 4 is 45.0 Å². The maximum atomic E-state index is 13.5. The van der Waals surface area contributed by atoms with Gasteiger partial charge in [0.05, 0.1) is 37.9 Å². The van der Waals surface area contributed by atoms with Crippen LogP contribution in [0, 0.1) is 12.8 Å². The van der Waals surface area contributed by atoms with E-state index in [9.17, 15) is 9.59 Å². The fourth-order valence-corrected chi connectivity index (χ4v) is 5.26. The number of allylic oxidation sites excluding steroid dienone is 2. The second kappa shape index (κ2) is 9.82. The first-order valence-electron chi connectivity index (χ1n) is 11.7. The minimum Gasteiger partial charge on any atom is -0.493 e. The number of hydrogen-bond acceptors (Lipinski definition) is 7. The van der Waals surface area contributed by atoms with E-state index in [1.54, 1.807) is 35.8 Å². The summed E-state index contributed by atoms with van der Waals surface area (Å²) in [6.07, 6.45) is 4.77. The van der Waals surface area contributed by atoms with Crippen LogP contribution < -0.4 is 25.1 Å². The predicted octanol–water partition coefficient (Wildman–Crippen LogP) is 5.28. The predicted molar refractivity (Wildman–Crippen MR) is 141 cm³/mol. The van der Waals surface area contributed by atoms with E-state index in [2.05, 4.69) is 10.5 Å². The molecule has 37 heavy (non-hydrogen) atoms. The van der Waals surface area contributed by atoms with Gasteiger partial charge in [-0.15, -0.1) is 0 Å². The Morgan fingerprint density at radius 2 is 1.86 bits per heavy atom. The Morgan fingerprint density at radius 3 is 2.54 bits per heavy atom. The summed E-state index contributed by atoms with van der Waals surface area (Å²) in [7, 11) is 4.55. The number of benzene rings is 2. The van der Waals surface area contributed by atoms with Gasteiger partial charge in [0.1, 0.15) is 16.7 Å². The van der Waals surface area contributed by atoms with Gasteiger partial charge < -0.3 is 28.6 Å². The summed E-state index contributed by atoms with van der Waals surface area (Å²) in [5.41, 5.74) is 1.47. The van der Waals surface area contributed by atoms with Crippen LogP contribution in [0.4, 0.5) is 5.69 Å². The number of ether oxygens (including phenoxy) is 3. The second-order valence-electron chi connectivity index (χ2n) is 8.89. The van der Waals surface area contributed by atoms with E-state index >= 15 is 0 Å². The van der Waals surface area contributed by atoms with Crippen LogP contribution >= 0.6 is 11.6 Å². The van der Waals surface area contributed by atoms with E-state index in [1.807, 2.05) is 18.2 Å². The maximum Gasteiger partial charge on any atom is 0.264 e. The van der Waals surface area contributed by atoms with E-state index in [0.717, 1.165) is 0 Å². The summed E-state index contributed by atoms with van der Waals surface area (Å²) >= 11 is 6.52. The normalized spacial score (nSPS) is 16.9. The lowest BCUT2D eigenvalue weighted by atomic mass is 10.0. The molecule has 0 radical (unpaired) electrons. The average molecular weight is 524 g/mol. The molecule has 0 spiro atoms. The van der Waals surface area contributed by atoms with Crippen molar-refractivity contribution in [1.82, 2.24) is 9.72 Å². The number of carbonyl (C=O) groups excluding carboxylic acids is 1. The highest BCUT2D eigenvalue weighted by Crippen LogP contribution is 2.40. The minimum atomic E-state index is -0.244. The van der Waals surface area contributed by atoms with Gasteiger partial charge in [0, 0.05) is 29.6 Å². The summed E-state index contributed by atoms with van der Waals surface area (Å²) in [6.45, 7) is 1.71. The van der Waals surface area contributed by atoms with Gasteiger partial charge in [-0.05, 0) is 31.4 Å². The first-order valence-corrected chi connectivity index (χ1v) is 12.1. The molecule has 192 valence electrons. The maximum absolute atomic E-state index is 13.5. The van der Waals surface area contributed by atoms with Crippen molar-refractivity contribution in [2.24, 2.45) is 5.92 Å². The van der Waals surface area contributed by atoms with Crippen LogP contribution in [0.25, 0.3) is 21.8 Å². The van der Waals surface area contributed by atoms with E-state index < -0.39 is 0 Å². The van der Waals surface area contributed by atoms with Crippen LogP contribution in [0.15, 0.2) is 51.8 Å². The highest BCUT2D eigenvalue weighted by atomic mass is 35.5. The van der Waals surface area contributed by atoms with Crippen molar-refractivity contribution in [3.8, 4) is 17.2 Å². The SMILES string of the molecule is COc1cc(NC(=O)CC2C=CC(n3c(=O)c4c(C)onc4c4c(Cl)cccc43)C2)cc(OC)c1OC. The lowest BCUT2D eigenvalue weighted by molar-refractivity contribution is -0.116. The summed E-state index contributed by atoms with van der Waals surface area (Å²) in [5, 5.41) is 8.58. The molecule has 0 fully saturated rings. The molecule has 9 nitrogen and oxygen atoms in total. The summed E-state index contributed by atoms with van der Waals surface area (Å²) in [6, 6.07) is 8.54. The Morgan fingerprint density at radius 1 is 1.14 bits per heavy atom. The molecule has 0 bridgehead atoms. The number of aryl methyl sites for hydroxylation is 1. The summed E-state index contributed by atoms with van der Waals surface area (Å²) in [4.78, 5) is 26.4. The second-order valence-corrected chi connectivity index (χ2v) is 9.29. The number of hydrogen-bond donors (Lipinski definition) is 1. The van der Waals surface area contributed by atoms with Crippen molar-refractivity contribution in [3.63, 3.8) is 0 Å². The van der Waals surface area contributed by atoms with E-state index in [-0.39, 0.29) is 29.8 Å². The molecule has 2 unspecified atom stereocenters. The number of fused-ring (bicyclic) bond motifs is 3. The number of rotatable bonds is 7. The molecule has 10 heteroatoms. The molecule has 1 amide bonds. The number of aromatic nitrogens is 2. The molecule has 1 aliphatic carbocycles. The molecule has 0 aliphatic heterocycles. The standard InChI is InChI=1S/C27H26ClN3O6/c1-14-23-25(30-37-14)24-18(28)6-5-7-19(24)31(27(23)33)17-9-8-15(10-17)11-22(32)29-16-12-20(34-2)26(36-4)21(13-16)35-3/h5-9,12-13,15,17H,10-11H2,1-4H3,(H,29,32). The largest absolute Gasteiger partial charge is 0.493 e. The van der Waals surface area contributed by atoms with Crippen LogP contribution in [0.3, 0.4) is 0 Å². The minimum absolute atomic E-state index is 0.0626. The van der Waals surface area contributed by atoms with Crippen LogP contribution in [0.2, 0.25) is 5.02 Å². The first-order chi connectivity index (χ1) is 17.9. The van der Waals surface area contributed by atoms with E-state index in [0.29, 0.717) is 61.9 Å². The van der Waals surface area contributed by atoms with Gasteiger partial charge >= 0.3 is 0 Å². The zero-order chi connectivity index (χ0) is 26.3. The number of anilines is 1. The van der Waals surface area contributed by atoms with Crippen LogP contribution in [0.5, 0.6) is 17.2 Å². The lowest BCUT2D eigenvalue weighted by Gasteiger charge is -2.19. The molecule has 2 aromatic heterocycles. The number of methoxy groups -OCH3 is 3. The fourth-order valence-electron chi connectivity index (χ4n) is 5.00. The molecular weight excluding hydrogens is 498 g/mol. The molecule has 2 aromatic carbocycles. The van der Waals surface area contributed by atoms with E-state index in [1.165, 1.54) is 21.3 Å². The summed E-state index contributed by atoms with van der Waals surface area (Å²) < 4.78 is 23.1. The monoisotopic (exact) mass is 523 g/mol. The highest BCUT2D eigenvalue weighted by molar-refractivity contribution is 6.37. The van der Waals surface area contributed by atoms with Crippen LogP contribution in [0.1, 0.15) is 24.6 Å². The van der Waals surface area contributed by atoms with Crippen LogP contribution in [-0.2, 0) is 4.79 Å². The number of nitrogens with zero attached hydrogens (tertiary/aromatic N) is 2. The Kier molecular flexibility index (Phi) is 6.55. The van der Waals surface area contributed by atoms with Crippen LogP contribution in [-0.4, -0.2) is 37.0 Å². The van der Waals surface area contributed by atoms with Gasteiger partial charge in [0.2, 0.25) is 11.7 Å². The number of amides is 1. The van der Waals surface area contributed by atoms with Gasteiger partial charge in [0.15, 0.2) is 11.5 Å². The van der Waals surface area contributed by atoms with Crippen molar-refractivity contribution in [2.75, 3.05) is 26.6 Å². The molecule has 1 N–H and O–H groups in total. The third kappa shape index (κ3) is 4.29. The van der Waals surface area contributed by atoms with Gasteiger partial charge in [-0.25, -0.2) is 0 Å². The molecular formula is C27H26ClN3O6. The average Bonchev–Trinajstić information content (AvgIpc) is 3.50. The molecule has 1 aliphatic rings. The fraction of sp³-hybridized carbons (Fsp3) is 0.296. The zero-order valence-electron chi connectivity index (χ0n) is 20.8. The lowest BCUT2D eigenvalue weighted by Crippen LogP contribution is -2.25. The van der Waals surface area contributed by atoms with Gasteiger partial charge in [-0.2, -0.15) is 0 Å². The Bertz CT molecular complexity index is 1580. The molecule has 4 aromatic rings. The van der Waals surface area contributed by atoms with E-state index in [4.69, 9.17) is 30.3 Å². The summed E-state index contributed by atoms with van der Waals surface area (Å²) in [5.74, 6) is 1.55. The Balaban J connectivity index is 1.39. The number of halogens is 1. The van der Waals surface area contributed by atoms with Crippen molar-refractivity contribution < 1.29 is 23.5 Å². The highest BCUT2D eigenvalue weighted by Gasteiger charge is 2.27. The molecule has 2 atom stereocenters. The topological polar surface area (TPSA) is 105 Å². The zero-order valence-corrected chi connectivity index (χ0v) is 21.6. The molecule has 5 rings (SSSR count). The number of pyridine rings is 1. The first kappa shape index (κ1) is 24.7. The van der Waals surface area contributed by atoms with Gasteiger partial charge in [-0.1, -0.05) is 35.0 Å². The Labute approximate surface area is 217 Å². The molecule has 2 heterocycles. The third-order valence-corrected chi connectivity index (χ3v) is 6.98. The van der Waals surface area contributed by atoms with Crippen molar-refractivity contribution in [1.29, 1.82) is 0 Å². The van der Waals surface area contributed by atoms with Crippen molar-refractivity contribution in [2.45, 2.75) is 25.8 Å². The molecule has 0 saturated carbocycles. The van der Waals surface area contributed by atoms with Crippen molar-refractivity contribution in [3.05, 3.63) is 63.6 Å². The quantitative estimate of drug-likeness (QED) is 0.329. The number of nitrogens with one attached hydrogen (secondary N) is 1. The molecule has 0 saturated heterocycles. The van der Waals surface area contributed by atoms with Gasteiger partial charge in [0.25, 0.3) is 5.56 Å².